The van der Waals surface area contributed by atoms with Gasteiger partial charge in [0.25, 0.3) is 5.91 Å². The second kappa shape index (κ2) is 6.75. The van der Waals surface area contributed by atoms with Crippen LogP contribution >= 0.6 is 15.9 Å². The van der Waals surface area contributed by atoms with Gasteiger partial charge in [-0.1, -0.05) is 53.2 Å². The average molecular weight is 336 g/mol. The molecule has 2 rings (SSSR count). The number of amides is 1. The third-order valence-corrected chi connectivity index (χ3v) is 3.89. The van der Waals surface area contributed by atoms with Crippen LogP contribution in [-0.2, 0) is 0 Å². The number of hydrogen-bond acceptors (Lipinski definition) is 2. The molecule has 0 heterocycles. The van der Waals surface area contributed by atoms with Crippen molar-refractivity contribution in [3.63, 3.8) is 0 Å². The van der Waals surface area contributed by atoms with E-state index >= 15 is 0 Å². The highest BCUT2D eigenvalue weighted by molar-refractivity contribution is 9.09. The number of fused-ring (bicyclic) bond motifs is 1. The molecule has 0 aliphatic carbocycles. The lowest BCUT2D eigenvalue weighted by molar-refractivity contribution is 0.0933. The first kappa shape index (κ1) is 14.9. The third-order valence-electron chi connectivity index (χ3n) is 3.43. The number of nitrogens with one attached hydrogen (secondary N) is 1. The summed E-state index contributed by atoms with van der Waals surface area (Å²) in [4.78, 5) is 12.3. The second-order valence-electron chi connectivity index (χ2n) is 4.74. The quantitative estimate of drug-likeness (QED) is 0.815. The lowest BCUT2D eigenvalue weighted by Gasteiger charge is -2.16. The highest BCUT2D eigenvalue weighted by Gasteiger charge is 2.16. The van der Waals surface area contributed by atoms with E-state index in [1.807, 2.05) is 37.3 Å². The van der Waals surface area contributed by atoms with Gasteiger partial charge in [0.05, 0.1) is 5.56 Å². The van der Waals surface area contributed by atoms with E-state index in [0.29, 0.717) is 10.9 Å². The zero-order valence-corrected chi connectivity index (χ0v) is 13.0. The van der Waals surface area contributed by atoms with Crippen molar-refractivity contribution in [3.8, 4) is 5.75 Å². The van der Waals surface area contributed by atoms with Crippen molar-refractivity contribution in [1.29, 1.82) is 0 Å². The molecule has 20 heavy (non-hydrogen) atoms. The molecule has 2 N–H and O–H groups in total. The van der Waals surface area contributed by atoms with Crippen LogP contribution in [0.2, 0.25) is 0 Å². The van der Waals surface area contributed by atoms with Crippen LogP contribution in [0.4, 0.5) is 0 Å². The highest BCUT2D eigenvalue weighted by Crippen LogP contribution is 2.28. The zero-order valence-electron chi connectivity index (χ0n) is 11.4. The highest BCUT2D eigenvalue weighted by atomic mass is 79.9. The van der Waals surface area contributed by atoms with Crippen LogP contribution in [0.15, 0.2) is 36.4 Å². The summed E-state index contributed by atoms with van der Waals surface area (Å²) in [5.74, 6) is -0.171. The molecule has 1 amide bonds. The second-order valence-corrected chi connectivity index (χ2v) is 5.53. The van der Waals surface area contributed by atoms with Gasteiger partial charge in [-0.2, -0.15) is 0 Å². The van der Waals surface area contributed by atoms with Gasteiger partial charge < -0.3 is 10.4 Å². The van der Waals surface area contributed by atoms with Crippen molar-refractivity contribution >= 4 is 32.6 Å². The molecule has 0 aliphatic heterocycles. The summed E-state index contributed by atoms with van der Waals surface area (Å²) in [6, 6.07) is 11.1. The van der Waals surface area contributed by atoms with Crippen molar-refractivity contribution in [1.82, 2.24) is 5.32 Å². The van der Waals surface area contributed by atoms with E-state index in [2.05, 4.69) is 21.2 Å². The Morgan fingerprint density at radius 1 is 1.30 bits per heavy atom. The van der Waals surface area contributed by atoms with E-state index in [-0.39, 0.29) is 17.7 Å². The van der Waals surface area contributed by atoms with Crippen molar-refractivity contribution in [2.24, 2.45) is 0 Å². The Kier molecular flexibility index (Phi) is 5.01. The minimum Gasteiger partial charge on any atom is -0.506 e. The van der Waals surface area contributed by atoms with Crippen LogP contribution < -0.4 is 5.32 Å². The third kappa shape index (κ3) is 3.12. The van der Waals surface area contributed by atoms with E-state index in [1.54, 1.807) is 6.07 Å². The standard InChI is InChI=1S/C16H18BrNO2/c1-2-12(9-10-17)18-16(20)14-8-7-11-5-3-4-6-13(11)15(14)19/h3-8,12,19H,2,9-10H2,1H3,(H,18,20). The van der Waals surface area contributed by atoms with E-state index in [1.165, 1.54) is 0 Å². The Labute approximate surface area is 127 Å². The molecule has 0 saturated carbocycles. The molecular weight excluding hydrogens is 318 g/mol. The van der Waals surface area contributed by atoms with Crippen LogP contribution in [0.1, 0.15) is 30.1 Å². The molecule has 2 aromatic rings. The normalized spacial score (nSPS) is 12.3. The summed E-state index contributed by atoms with van der Waals surface area (Å²) >= 11 is 3.38. The molecule has 3 nitrogen and oxygen atoms in total. The van der Waals surface area contributed by atoms with Gasteiger partial charge in [0, 0.05) is 16.8 Å². The van der Waals surface area contributed by atoms with Crippen molar-refractivity contribution in [3.05, 3.63) is 42.0 Å². The van der Waals surface area contributed by atoms with Gasteiger partial charge in [0.15, 0.2) is 0 Å². The summed E-state index contributed by atoms with van der Waals surface area (Å²) in [7, 11) is 0. The number of carbonyl (C=O) groups excluding carboxylic acids is 1. The fraction of sp³-hybridized carbons (Fsp3) is 0.312. The molecule has 0 aromatic heterocycles. The van der Waals surface area contributed by atoms with E-state index in [0.717, 1.165) is 23.6 Å². The lowest BCUT2D eigenvalue weighted by Crippen LogP contribution is -2.34. The first-order chi connectivity index (χ1) is 9.67. The average Bonchev–Trinajstić information content (AvgIpc) is 2.47. The van der Waals surface area contributed by atoms with E-state index in [4.69, 9.17) is 0 Å². The first-order valence-electron chi connectivity index (χ1n) is 6.75. The number of alkyl halides is 1. The fourth-order valence-corrected chi connectivity index (χ4v) is 2.76. The Morgan fingerprint density at radius 3 is 2.75 bits per heavy atom. The molecule has 1 unspecified atom stereocenters. The maximum atomic E-state index is 12.3. The Morgan fingerprint density at radius 2 is 2.05 bits per heavy atom. The zero-order chi connectivity index (χ0) is 14.5. The number of halogens is 1. The van der Waals surface area contributed by atoms with Crippen LogP contribution in [0.3, 0.4) is 0 Å². The number of hydrogen-bond donors (Lipinski definition) is 2. The maximum Gasteiger partial charge on any atom is 0.255 e. The van der Waals surface area contributed by atoms with Crippen LogP contribution in [0.25, 0.3) is 10.8 Å². The number of rotatable bonds is 5. The van der Waals surface area contributed by atoms with Crippen LogP contribution in [-0.4, -0.2) is 22.4 Å². The van der Waals surface area contributed by atoms with E-state index < -0.39 is 0 Å². The molecule has 0 fully saturated rings. The summed E-state index contributed by atoms with van der Waals surface area (Å²) in [6.07, 6.45) is 1.74. The van der Waals surface area contributed by atoms with Gasteiger partial charge in [0.2, 0.25) is 0 Å². The molecular formula is C16H18BrNO2. The van der Waals surface area contributed by atoms with Gasteiger partial charge in [0.1, 0.15) is 5.75 Å². The van der Waals surface area contributed by atoms with Gasteiger partial charge >= 0.3 is 0 Å². The summed E-state index contributed by atoms with van der Waals surface area (Å²) in [5, 5.41) is 15.7. The number of aromatic hydroxyl groups is 1. The SMILES string of the molecule is CCC(CCBr)NC(=O)c1ccc2ccccc2c1O. The van der Waals surface area contributed by atoms with Gasteiger partial charge in [-0.15, -0.1) is 0 Å². The number of carbonyl (C=O) groups is 1. The number of benzene rings is 2. The molecule has 106 valence electrons. The summed E-state index contributed by atoms with van der Waals surface area (Å²) in [5.41, 5.74) is 0.330. The maximum absolute atomic E-state index is 12.3. The molecule has 0 spiro atoms. The molecule has 0 bridgehead atoms. The van der Waals surface area contributed by atoms with Crippen molar-refractivity contribution in [2.75, 3.05) is 5.33 Å². The summed E-state index contributed by atoms with van der Waals surface area (Å²) < 4.78 is 0. The molecule has 1 atom stereocenters. The number of phenols is 1. The minimum atomic E-state index is -0.221. The smallest absolute Gasteiger partial charge is 0.255 e. The van der Waals surface area contributed by atoms with Crippen molar-refractivity contribution < 1.29 is 9.90 Å². The lowest BCUT2D eigenvalue weighted by atomic mass is 10.0. The van der Waals surface area contributed by atoms with Crippen molar-refractivity contribution in [2.45, 2.75) is 25.8 Å². The molecule has 0 saturated heterocycles. The predicted molar refractivity (Wildman–Crippen MR) is 85.6 cm³/mol. The molecule has 2 aromatic carbocycles. The van der Waals surface area contributed by atoms with Gasteiger partial charge in [-0.3, -0.25) is 4.79 Å². The Bertz CT molecular complexity index is 612. The topological polar surface area (TPSA) is 49.3 Å². The summed E-state index contributed by atoms with van der Waals surface area (Å²) in [6.45, 7) is 2.04. The van der Waals surface area contributed by atoms with Crippen LogP contribution in [0, 0.1) is 0 Å². The van der Waals surface area contributed by atoms with Gasteiger partial charge in [-0.05, 0) is 24.3 Å². The fourth-order valence-electron chi connectivity index (χ4n) is 2.21. The molecule has 0 aliphatic rings. The van der Waals surface area contributed by atoms with Crippen LogP contribution in [0.5, 0.6) is 5.75 Å². The monoisotopic (exact) mass is 335 g/mol. The van der Waals surface area contributed by atoms with E-state index in [9.17, 15) is 9.90 Å². The Hall–Kier alpha value is -1.55. The predicted octanol–water partition coefficient (Wildman–Crippen LogP) is 3.84. The minimum absolute atomic E-state index is 0.0503. The number of phenolic OH excluding ortho intramolecular Hbond substituents is 1. The largest absolute Gasteiger partial charge is 0.506 e. The molecule has 0 radical (unpaired) electrons. The Balaban J connectivity index is 2.28. The van der Waals surface area contributed by atoms with Gasteiger partial charge in [-0.25, -0.2) is 0 Å². The first-order valence-corrected chi connectivity index (χ1v) is 7.87. The molecule has 4 heteroatoms.